The smallest absolute Gasteiger partial charge is 0.333 e. The highest BCUT2D eigenvalue weighted by molar-refractivity contribution is 5.86. The van der Waals surface area contributed by atoms with Crippen molar-refractivity contribution in [3.63, 3.8) is 0 Å². The Morgan fingerprint density at radius 3 is 1.34 bits per heavy atom. The largest absolute Gasteiger partial charge is 0.478 e. The summed E-state index contributed by atoms with van der Waals surface area (Å²) in [4.78, 5) is 20.4. The SMILES string of the molecule is C=C(C)C(=O)OCCCCCCCCCCCCCCCCCC.C=CC(=O)O. The molecule has 4 heteroatoms. The van der Waals surface area contributed by atoms with Gasteiger partial charge >= 0.3 is 11.9 Å². The molecule has 170 valence electrons. The van der Waals surface area contributed by atoms with Gasteiger partial charge in [0, 0.05) is 11.6 Å². The monoisotopic (exact) mass is 410 g/mol. The van der Waals surface area contributed by atoms with Crippen molar-refractivity contribution in [3.05, 3.63) is 24.8 Å². The van der Waals surface area contributed by atoms with E-state index < -0.39 is 5.97 Å². The lowest BCUT2D eigenvalue weighted by Crippen LogP contribution is -2.05. The molecule has 0 aliphatic rings. The lowest BCUT2D eigenvalue weighted by molar-refractivity contribution is -0.139. The fourth-order valence-corrected chi connectivity index (χ4v) is 2.94. The summed E-state index contributed by atoms with van der Waals surface area (Å²) in [7, 11) is 0. The van der Waals surface area contributed by atoms with E-state index in [2.05, 4.69) is 20.1 Å². The standard InChI is InChI=1S/C22H42O2.C3H4O2/c1-4-5-6-7-8-9-10-11-12-13-14-15-16-17-18-19-20-24-22(23)21(2)3;1-2-3(4)5/h2,4-20H2,1,3H3;2H,1H2,(H,4,5). The number of carbonyl (C=O) groups is 2. The normalized spacial score (nSPS) is 10.0. The first-order valence-electron chi connectivity index (χ1n) is 11.6. The molecule has 0 bridgehead atoms. The van der Waals surface area contributed by atoms with Gasteiger partial charge in [0.2, 0.25) is 0 Å². The van der Waals surface area contributed by atoms with E-state index in [9.17, 15) is 9.59 Å². The summed E-state index contributed by atoms with van der Waals surface area (Å²) in [6.45, 7) is 11.1. The van der Waals surface area contributed by atoms with Gasteiger partial charge in [-0.1, -0.05) is 116 Å². The maximum atomic E-state index is 11.2. The fourth-order valence-electron chi connectivity index (χ4n) is 2.94. The molecule has 0 atom stereocenters. The van der Waals surface area contributed by atoms with Crippen LogP contribution in [-0.2, 0) is 14.3 Å². The molecule has 0 aliphatic carbocycles. The molecule has 0 heterocycles. The summed E-state index contributed by atoms with van der Waals surface area (Å²) < 4.78 is 5.08. The fraction of sp³-hybridized carbons (Fsp3) is 0.760. The van der Waals surface area contributed by atoms with Crippen molar-refractivity contribution in [1.29, 1.82) is 0 Å². The van der Waals surface area contributed by atoms with Crippen LogP contribution in [0.15, 0.2) is 24.8 Å². The number of aliphatic carboxylic acids is 1. The average Bonchev–Trinajstić information content (AvgIpc) is 2.70. The van der Waals surface area contributed by atoms with Crippen molar-refractivity contribution >= 4 is 11.9 Å². The second kappa shape index (κ2) is 24.5. The van der Waals surface area contributed by atoms with Crippen LogP contribution in [0.1, 0.15) is 117 Å². The van der Waals surface area contributed by atoms with Crippen LogP contribution in [0, 0.1) is 0 Å². The predicted molar refractivity (Wildman–Crippen MR) is 123 cm³/mol. The summed E-state index contributed by atoms with van der Waals surface area (Å²) in [6, 6.07) is 0. The summed E-state index contributed by atoms with van der Waals surface area (Å²) in [5.41, 5.74) is 0.492. The van der Waals surface area contributed by atoms with Gasteiger partial charge in [-0.3, -0.25) is 0 Å². The lowest BCUT2D eigenvalue weighted by Gasteiger charge is -2.05. The van der Waals surface area contributed by atoms with E-state index in [4.69, 9.17) is 9.84 Å². The maximum absolute atomic E-state index is 11.2. The molecule has 0 aromatic rings. The quantitative estimate of drug-likeness (QED) is 0.135. The van der Waals surface area contributed by atoms with Crippen molar-refractivity contribution in [3.8, 4) is 0 Å². The Morgan fingerprint density at radius 2 is 1.07 bits per heavy atom. The number of unbranched alkanes of at least 4 members (excludes halogenated alkanes) is 15. The molecule has 0 saturated heterocycles. The summed E-state index contributed by atoms with van der Waals surface area (Å²) in [5.74, 6) is -1.24. The topological polar surface area (TPSA) is 63.6 Å². The van der Waals surface area contributed by atoms with Gasteiger partial charge in [0.25, 0.3) is 0 Å². The Bertz CT molecular complexity index is 415. The van der Waals surface area contributed by atoms with Crippen molar-refractivity contribution in [2.45, 2.75) is 117 Å². The van der Waals surface area contributed by atoms with Crippen molar-refractivity contribution in [1.82, 2.24) is 0 Å². The van der Waals surface area contributed by atoms with Crippen molar-refractivity contribution in [2.75, 3.05) is 6.61 Å². The predicted octanol–water partition coefficient (Wildman–Crippen LogP) is 7.62. The molecule has 0 aromatic carbocycles. The minimum absolute atomic E-state index is 0.254. The second-order valence-electron chi connectivity index (χ2n) is 7.76. The number of hydrogen-bond acceptors (Lipinski definition) is 3. The van der Waals surface area contributed by atoms with Gasteiger partial charge in [-0.25, -0.2) is 9.59 Å². The minimum atomic E-state index is -0.981. The van der Waals surface area contributed by atoms with Crippen LogP contribution in [0.2, 0.25) is 0 Å². The number of carbonyl (C=O) groups excluding carboxylic acids is 1. The van der Waals surface area contributed by atoms with Gasteiger partial charge in [0.05, 0.1) is 6.61 Å². The molecular weight excluding hydrogens is 364 g/mol. The lowest BCUT2D eigenvalue weighted by atomic mass is 10.0. The van der Waals surface area contributed by atoms with Crippen LogP contribution in [0.4, 0.5) is 0 Å². The van der Waals surface area contributed by atoms with E-state index in [1.54, 1.807) is 6.92 Å². The molecule has 0 aliphatic heterocycles. The van der Waals surface area contributed by atoms with Crippen LogP contribution in [0.3, 0.4) is 0 Å². The van der Waals surface area contributed by atoms with Crippen LogP contribution in [0.25, 0.3) is 0 Å². The first-order valence-corrected chi connectivity index (χ1v) is 11.6. The number of hydrogen-bond donors (Lipinski definition) is 1. The molecule has 0 aromatic heterocycles. The summed E-state index contributed by atoms with van der Waals surface area (Å²) in [5, 5.41) is 7.60. The molecular formula is C25H46O4. The van der Waals surface area contributed by atoms with Gasteiger partial charge in [-0.15, -0.1) is 0 Å². The Labute approximate surface area is 179 Å². The first kappa shape index (κ1) is 29.6. The number of esters is 1. The van der Waals surface area contributed by atoms with E-state index >= 15 is 0 Å². The Morgan fingerprint density at radius 1 is 0.759 bits per heavy atom. The van der Waals surface area contributed by atoms with E-state index in [-0.39, 0.29) is 5.97 Å². The van der Waals surface area contributed by atoms with Crippen LogP contribution in [-0.4, -0.2) is 23.7 Å². The molecule has 0 amide bonds. The van der Waals surface area contributed by atoms with Gasteiger partial charge in [0.1, 0.15) is 0 Å². The zero-order chi connectivity index (χ0) is 22.2. The van der Waals surface area contributed by atoms with E-state index in [0.29, 0.717) is 12.2 Å². The third-order valence-electron chi connectivity index (χ3n) is 4.75. The van der Waals surface area contributed by atoms with Crippen LogP contribution in [0.5, 0.6) is 0 Å². The minimum Gasteiger partial charge on any atom is -0.478 e. The molecule has 29 heavy (non-hydrogen) atoms. The highest BCUT2D eigenvalue weighted by Crippen LogP contribution is 2.13. The van der Waals surface area contributed by atoms with Gasteiger partial charge in [-0.2, -0.15) is 0 Å². The van der Waals surface area contributed by atoms with Crippen LogP contribution < -0.4 is 0 Å². The molecule has 1 N–H and O–H groups in total. The van der Waals surface area contributed by atoms with Crippen molar-refractivity contribution < 1.29 is 19.4 Å². The Hall–Kier alpha value is -1.58. The molecule has 0 fully saturated rings. The Kier molecular flexibility index (Phi) is 25.0. The van der Waals surface area contributed by atoms with E-state index in [1.165, 1.54) is 96.3 Å². The summed E-state index contributed by atoms with van der Waals surface area (Å²) in [6.07, 6.45) is 22.6. The second-order valence-corrected chi connectivity index (χ2v) is 7.76. The molecule has 0 unspecified atom stereocenters. The van der Waals surface area contributed by atoms with Crippen molar-refractivity contribution in [2.24, 2.45) is 0 Å². The van der Waals surface area contributed by atoms with Crippen LogP contribution >= 0.6 is 0 Å². The molecule has 4 nitrogen and oxygen atoms in total. The number of ether oxygens (including phenoxy) is 1. The number of carboxylic acids is 1. The number of carboxylic acid groups (broad SMARTS) is 1. The third kappa shape index (κ3) is 28.7. The van der Waals surface area contributed by atoms with E-state index in [0.717, 1.165) is 12.5 Å². The summed E-state index contributed by atoms with van der Waals surface area (Å²) >= 11 is 0. The van der Waals surface area contributed by atoms with Gasteiger partial charge in [0.15, 0.2) is 0 Å². The van der Waals surface area contributed by atoms with Gasteiger partial charge in [-0.05, 0) is 13.3 Å². The zero-order valence-electron chi connectivity index (χ0n) is 19.2. The van der Waals surface area contributed by atoms with Gasteiger partial charge < -0.3 is 9.84 Å². The molecule has 0 saturated carbocycles. The van der Waals surface area contributed by atoms with E-state index in [1.807, 2.05) is 0 Å². The first-order chi connectivity index (χ1) is 14.0. The molecule has 0 radical (unpaired) electrons. The average molecular weight is 411 g/mol. The number of rotatable bonds is 19. The zero-order valence-corrected chi connectivity index (χ0v) is 19.2. The molecule has 0 spiro atoms. The maximum Gasteiger partial charge on any atom is 0.333 e. The highest BCUT2D eigenvalue weighted by atomic mass is 16.5. The molecule has 0 rings (SSSR count). The third-order valence-corrected chi connectivity index (χ3v) is 4.75. The Balaban J connectivity index is 0. The highest BCUT2D eigenvalue weighted by Gasteiger charge is 2.01.